The van der Waals surface area contributed by atoms with Crippen molar-refractivity contribution in [2.75, 3.05) is 6.61 Å². The molecule has 0 spiro atoms. The van der Waals surface area contributed by atoms with Crippen LogP contribution < -0.4 is 0 Å². The first-order valence-corrected chi connectivity index (χ1v) is 7.06. The Morgan fingerprint density at radius 2 is 2.25 bits per heavy atom. The van der Waals surface area contributed by atoms with Crippen molar-refractivity contribution in [3.63, 3.8) is 0 Å². The van der Waals surface area contributed by atoms with Gasteiger partial charge in [0, 0.05) is 6.61 Å². The number of rotatable bonds is 2. The van der Waals surface area contributed by atoms with Crippen LogP contribution in [-0.4, -0.2) is 22.3 Å². The summed E-state index contributed by atoms with van der Waals surface area (Å²) in [5.74, 6) is -1.09. The van der Waals surface area contributed by atoms with Crippen molar-refractivity contribution in [1.29, 1.82) is 0 Å². The number of hydrogen-bond donors (Lipinski definition) is 0. The van der Waals surface area contributed by atoms with Gasteiger partial charge in [0.15, 0.2) is 11.6 Å². The lowest BCUT2D eigenvalue weighted by molar-refractivity contribution is 0.0764. The van der Waals surface area contributed by atoms with E-state index in [0.717, 1.165) is 6.07 Å². The van der Waals surface area contributed by atoms with Crippen LogP contribution in [0.3, 0.4) is 0 Å². The monoisotopic (exact) mass is 300 g/mol. The van der Waals surface area contributed by atoms with Crippen molar-refractivity contribution in [3.05, 3.63) is 29.6 Å². The maximum Gasteiger partial charge on any atom is 0.184 e. The normalized spacial score (nSPS) is 26.6. The fourth-order valence-electron chi connectivity index (χ4n) is 2.91. The van der Waals surface area contributed by atoms with Crippen LogP contribution in [0.15, 0.2) is 12.1 Å². The summed E-state index contributed by atoms with van der Waals surface area (Å²) < 4.78 is 35.1. The predicted octanol–water partition coefficient (Wildman–Crippen LogP) is 3.58. The number of imidazole rings is 1. The Labute approximate surface area is 120 Å². The standard InChI is InChI=1S/C14H15ClF2N2O/c1-8-14(2,5-6-20-8)19-11(7-15)18-10-4-3-9(16)12(17)13(10)19/h3-4,8H,5-7H2,1-2H3. The minimum absolute atomic E-state index is 0.121. The molecule has 1 aromatic heterocycles. The molecule has 6 heteroatoms. The smallest absolute Gasteiger partial charge is 0.184 e. The summed E-state index contributed by atoms with van der Waals surface area (Å²) in [5.41, 5.74) is 0.105. The van der Waals surface area contributed by atoms with Crippen LogP contribution in [0, 0.1) is 11.6 Å². The topological polar surface area (TPSA) is 27.1 Å². The summed E-state index contributed by atoms with van der Waals surface area (Å²) in [5, 5.41) is 0. The molecule has 2 heterocycles. The van der Waals surface area contributed by atoms with Gasteiger partial charge in [0.1, 0.15) is 11.3 Å². The second kappa shape index (κ2) is 4.67. The fourth-order valence-corrected chi connectivity index (χ4v) is 3.09. The highest BCUT2D eigenvalue weighted by Crippen LogP contribution is 2.38. The SMILES string of the molecule is CC1OCCC1(C)n1c(CCl)nc2ccc(F)c(F)c21. The predicted molar refractivity (Wildman–Crippen MR) is 72.9 cm³/mol. The van der Waals surface area contributed by atoms with E-state index in [0.29, 0.717) is 24.4 Å². The van der Waals surface area contributed by atoms with Gasteiger partial charge in [-0.05, 0) is 32.4 Å². The van der Waals surface area contributed by atoms with E-state index in [1.165, 1.54) is 6.07 Å². The lowest BCUT2D eigenvalue weighted by Crippen LogP contribution is -2.38. The first-order valence-electron chi connectivity index (χ1n) is 6.52. The van der Waals surface area contributed by atoms with Gasteiger partial charge in [0.05, 0.1) is 23.0 Å². The molecule has 1 saturated heterocycles. The summed E-state index contributed by atoms with van der Waals surface area (Å²) in [6.07, 6.45) is 0.587. The van der Waals surface area contributed by atoms with E-state index in [-0.39, 0.29) is 17.5 Å². The number of halogens is 3. The quantitative estimate of drug-likeness (QED) is 0.793. The zero-order chi connectivity index (χ0) is 14.5. The minimum atomic E-state index is -0.883. The molecule has 1 fully saturated rings. The second-order valence-electron chi connectivity index (χ2n) is 5.35. The van der Waals surface area contributed by atoms with Crippen molar-refractivity contribution in [2.45, 2.75) is 37.8 Å². The fraction of sp³-hybridized carbons (Fsp3) is 0.500. The molecule has 2 aromatic rings. The third kappa shape index (κ3) is 1.76. The van der Waals surface area contributed by atoms with Crippen molar-refractivity contribution >= 4 is 22.6 Å². The van der Waals surface area contributed by atoms with Gasteiger partial charge >= 0.3 is 0 Å². The van der Waals surface area contributed by atoms with Crippen molar-refractivity contribution in [1.82, 2.24) is 9.55 Å². The largest absolute Gasteiger partial charge is 0.376 e. The summed E-state index contributed by atoms with van der Waals surface area (Å²) in [7, 11) is 0. The molecule has 108 valence electrons. The molecule has 3 rings (SSSR count). The Balaban J connectivity index is 2.35. The van der Waals surface area contributed by atoms with E-state index >= 15 is 0 Å². The molecule has 0 radical (unpaired) electrons. The molecule has 0 N–H and O–H groups in total. The molecule has 1 aliphatic rings. The van der Waals surface area contributed by atoms with E-state index in [9.17, 15) is 8.78 Å². The summed E-state index contributed by atoms with van der Waals surface area (Å²) >= 11 is 5.94. The van der Waals surface area contributed by atoms with Gasteiger partial charge in [-0.3, -0.25) is 0 Å². The van der Waals surface area contributed by atoms with Gasteiger partial charge in [-0.15, -0.1) is 11.6 Å². The number of benzene rings is 1. The van der Waals surface area contributed by atoms with Crippen molar-refractivity contribution < 1.29 is 13.5 Å². The molecule has 2 atom stereocenters. The molecule has 2 unspecified atom stereocenters. The maximum atomic E-state index is 14.2. The summed E-state index contributed by atoms with van der Waals surface area (Å²) in [6, 6.07) is 2.56. The van der Waals surface area contributed by atoms with Crippen LogP contribution in [-0.2, 0) is 16.2 Å². The van der Waals surface area contributed by atoms with Crippen LogP contribution >= 0.6 is 11.6 Å². The molecule has 0 saturated carbocycles. The summed E-state index contributed by atoms with van der Waals surface area (Å²) in [6.45, 7) is 4.47. The molecule has 0 amide bonds. The first kappa shape index (κ1) is 13.8. The highest BCUT2D eigenvalue weighted by molar-refractivity contribution is 6.16. The van der Waals surface area contributed by atoms with Crippen LogP contribution in [0.1, 0.15) is 26.1 Å². The van der Waals surface area contributed by atoms with E-state index in [4.69, 9.17) is 16.3 Å². The highest BCUT2D eigenvalue weighted by atomic mass is 35.5. The number of ether oxygens (including phenoxy) is 1. The van der Waals surface area contributed by atoms with E-state index in [1.807, 2.05) is 13.8 Å². The Morgan fingerprint density at radius 3 is 2.85 bits per heavy atom. The number of nitrogens with zero attached hydrogens (tertiary/aromatic N) is 2. The maximum absolute atomic E-state index is 14.2. The van der Waals surface area contributed by atoms with Gasteiger partial charge in [-0.25, -0.2) is 13.8 Å². The minimum Gasteiger partial charge on any atom is -0.376 e. The highest BCUT2D eigenvalue weighted by Gasteiger charge is 2.41. The third-order valence-electron chi connectivity index (χ3n) is 4.26. The van der Waals surface area contributed by atoms with Gasteiger partial charge in [-0.2, -0.15) is 0 Å². The lowest BCUT2D eigenvalue weighted by Gasteiger charge is -2.31. The molecule has 20 heavy (non-hydrogen) atoms. The first-order chi connectivity index (χ1) is 9.49. The molecular weight excluding hydrogens is 286 g/mol. The molecule has 1 aromatic carbocycles. The average molecular weight is 301 g/mol. The molecule has 1 aliphatic heterocycles. The van der Waals surface area contributed by atoms with Crippen LogP contribution in [0.25, 0.3) is 11.0 Å². The Hall–Kier alpha value is -1.20. The number of fused-ring (bicyclic) bond motifs is 1. The Morgan fingerprint density at radius 1 is 1.50 bits per heavy atom. The van der Waals surface area contributed by atoms with E-state index < -0.39 is 17.2 Å². The van der Waals surface area contributed by atoms with Gasteiger partial charge in [-0.1, -0.05) is 0 Å². The van der Waals surface area contributed by atoms with E-state index in [2.05, 4.69) is 4.98 Å². The van der Waals surface area contributed by atoms with Crippen molar-refractivity contribution in [2.24, 2.45) is 0 Å². The lowest BCUT2D eigenvalue weighted by atomic mass is 9.93. The number of alkyl halides is 1. The Bertz CT molecular complexity index is 673. The summed E-state index contributed by atoms with van der Waals surface area (Å²) in [4.78, 5) is 4.33. The van der Waals surface area contributed by atoms with E-state index in [1.54, 1.807) is 4.57 Å². The van der Waals surface area contributed by atoms with Gasteiger partial charge in [0.25, 0.3) is 0 Å². The number of aromatic nitrogens is 2. The van der Waals surface area contributed by atoms with Crippen molar-refractivity contribution in [3.8, 4) is 0 Å². The molecular formula is C14H15ClF2N2O. The number of hydrogen-bond acceptors (Lipinski definition) is 2. The third-order valence-corrected chi connectivity index (χ3v) is 4.50. The van der Waals surface area contributed by atoms with Gasteiger partial charge < -0.3 is 9.30 Å². The zero-order valence-corrected chi connectivity index (χ0v) is 12.0. The Kier molecular flexibility index (Phi) is 3.21. The van der Waals surface area contributed by atoms with Crippen LogP contribution in [0.2, 0.25) is 0 Å². The van der Waals surface area contributed by atoms with Crippen LogP contribution in [0.5, 0.6) is 0 Å². The van der Waals surface area contributed by atoms with Crippen LogP contribution in [0.4, 0.5) is 8.78 Å². The second-order valence-corrected chi connectivity index (χ2v) is 5.61. The van der Waals surface area contributed by atoms with Gasteiger partial charge in [0.2, 0.25) is 0 Å². The molecule has 0 aliphatic carbocycles. The average Bonchev–Trinajstić information content (AvgIpc) is 2.96. The zero-order valence-electron chi connectivity index (χ0n) is 11.3. The molecule has 3 nitrogen and oxygen atoms in total. The molecule has 0 bridgehead atoms.